The number of halogens is 3. The van der Waals surface area contributed by atoms with E-state index in [1.54, 1.807) is 19.2 Å². The Morgan fingerprint density at radius 3 is 2.08 bits per heavy atom. The van der Waals surface area contributed by atoms with E-state index < -0.39 is 12.1 Å². The molecule has 2 heterocycles. The largest absolute Gasteiger partial charge is 0.490 e. The molecule has 0 aliphatic carbocycles. The molecule has 1 fully saturated rings. The van der Waals surface area contributed by atoms with Gasteiger partial charge in [-0.2, -0.15) is 18.2 Å². The van der Waals surface area contributed by atoms with Gasteiger partial charge in [0.05, 0.1) is 11.9 Å². The van der Waals surface area contributed by atoms with Crippen molar-refractivity contribution in [2.24, 2.45) is 16.5 Å². The van der Waals surface area contributed by atoms with Gasteiger partial charge in [-0.1, -0.05) is 0 Å². The number of nitrogens with zero attached hydrogens (tertiary/aromatic N) is 4. The van der Waals surface area contributed by atoms with Crippen LogP contribution in [-0.2, 0) is 9.59 Å². The minimum atomic E-state index is -5.08. The highest BCUT2D eigenvalue weighted by molar-refractivity contribution is 5.78. The van der Waals surface area contributed by atoms with Crippen molar-refractivity contribution in [2.75, 3.05) is 31.1 Å². The Morgan fingerprint density at radius 1 is 1.19 bits per heavy atom. The SMILES string of the molecule is CC(=O)N1CCN(c2ccc(N=C(N)N)nc2)CC1.O=C(O)C(F)(F)F. The van der Waals surface area contributed by atoms with Gasteiger partial charge in [0.15, 0.2) is 11.8 Å². The molecule has 0 radical (unpaired) electrons. The monoisotopic (exact) mass is 376 g/mol. The average Bonchev–Trinajstić information content (AvgIpc) is 2.55. The van der Waals surface area contributed by atoms with E-state index in [-0.39, 0.29) is 11.9 Å². The number of aromatic nitrogens is 1. The second kappa shape index (κ2) is 8.87. The Balaban J connectivity index is 0.000000412. The van der Waals surface area contributed by atoms with E-state index in [1.165, 1.54) is 0 Å². The zero-order valence-electron chi connectivity index (χ0n) is 13.9. The number of alkyl halides is 3. The smallest absolute Gasteiger partial charge is 0.475 e. The average molecular weight is 376 g/mol. The van der Waals surface area contributed by atoms with Crippen molar-refractivity contribution in [3.8, 4) is 0 Å². The zero-order valence-corrected chi connectivity index (χ0v) is 13.9. The van der Waals surface area contributed by atoms with Crippen molar-refractivity contribution in [1.29, 1.82) is 0 Å². The van der Waals surface area contributed by atoms with Gasteiger partial charge < -0.3 is 26.4 Å². The Bertz CT molecular complexity index is 651. The molecule has 1 saturated heterocycles. The van der Waals surface area contributed by atoms with Crippen LogP contribution in [0.2, 0.25) is 0 Å². The van der Waals surface area contributed by atoms with Gasteiger partial charge in [-0.15, -0.1) is 0 Å². The van der Waals surface area contributed by atoms with Crippen LogP contribution >= 0.6 is 0 Å². The normalized spacial score (nSPS) is 14.2. The van der Waals surface area contributed by atoms with E-state index in [2.05, 4.69) is 14.9 Å². The highest BCUT2D eigenvalue weighted by atomic mass is 19.4. The van der Waals surface area contributed by atoms with Gasteiger partial charge in [-0.25, -0.2) is 9.78 Å². The van der Waals surface area contributed by atoms with Crippen molar-refractivity contribution in [1.82, 2.24) is 9.88 Å². The number of guanidine groups is 1. The molecule has 9 nitrogen and oxygen atoms in total. The Kier molecular flexibility index (Phi) is 7.16. The molecule has 1 amide bonds. The predicted octanol–water partition coefficient (Wildman–Crippen LogP) is 0.288. The number of nitrogens with two attached hydrogens (primary N) is 2. The van der Waals surface area contributed by atoms with Crippen molar-refractivity contribution in [3.63, 3.8) is 0 Å². The van der Waals surface area contributed by atoms with Crippen LogP contribution in [0.15, 0.2) is 23.3 Å². The summed E-state index contributed by atoms with van der Waals surface area (Å²) in [6, 6.07) is 3.70. The fraction of sp³-hybridized carbons (Fsp3) is 0.429. The van der Waals surface area contributed by atoms with E-state index in [0.29, 0.717) is 5.82 Å². The molecule has 12 heteroatoms. The van der Waals surface area contributed by atoms with Crippen LogP contribution in [-0.4, -0.2) is 65.2 Å². The number of hydrogen-bond acceptors (Lipinski definition) is 5. The highest BCUT2D eigenvalue weighted by Gasteiger charge is 2.38. The van der Waals surface area contributed by atoms with E-state index in [9.17, 15) is 18.0 Å². The fourth-order valence-electron chi connectivity index (χ4n) is 2.04. The summed E-state index contributed by atoms with van der Waals surface area (Å²) >= 11 is 0. The number of carbonyl (C=O) groups excluding carboxylic acids is 1. The van der Waals surface area contributed by atoms with Crippen LogP contribution in [0.5, 0.6) is 0 Å². The number of carboxylic acids is 1. The maximum absolute atomic E-state index is 11.2. The molecule has 0 atom stereocenters. The third kappa shape index (κ3) is 6.83. The van der Waals surface area contributed by atoms with E-state index in [0.717, 1.165) is 31.9 Å². The highest BCUT2D eigenvalue weighted by Crippen LogP contribution is 2.18. The van der Waals surface area contributed by atoms with Gasteiger partial charge in [0.2, 0.25) is 5.91 Å². The Hall–Kier alpha value is -3.05. The van der Waals surface area contributed by atoms with Crippen molar-refractivity contribution in [2.45, 2.75) is 13.1 Å². The van der Waals surface area contributed by atoms with Crippen molar-refractivity contribution in [3.05, 3.63) is 18.3 Å². The first kappa shape index (κ1) is 21.0. The lowest BCUT2D eigenvalue weighted by Gasteiger charge is -2.35. The topological polar surface area (TPSA) is 138 Å². The minimum Gasteiger partial charge on any atom is -0.475 e. The van der Waals surface area contributed by atoms with E-state index in [4.69, 9.17) is 21.4 Å². The number of carboxylic acid groups (broad SMARTS) is 1. The van der Waals surface area contributed by atoms with Crippen LogP contribution in [0.3, 0.4) is 0 Å². The first-order valence-corrected chi connectivity index (χ1v) is 7.37. The second-order valence-electron chi connectivity index (χ2n) is 5.21. The molecule has 5 N–H and O–H groups in total. The zero-order chi connectivity index (χ0) is 19.9. The van der Waals surface area contributed by atoms with Gasteiger partial charge in [-0.05, 0) is 12.1 Å². The van der Waals surface area contributed by atoms with Crippen LogP contribution < -0.4 is 16.4 Å². The first-order valence-electron chi connectivity index (χ1n) is 7.37. The lowest BCUT2D eigenvalue weighted by Crippen LogP contribution is -2.48. The number of piperazine rings is 1. The molecule has 26 heavy (non-hydrogen) atoms. The third-order valence-corrected chi connectivity index (χ3v) is 3.31. The fourth-order valence-corrected chi connectivity index (χ4v) is 2.04. The van der Waals surface area contributed by atoms with Gasteiger partial charge in [0, 0.05) is 33.1 Å². The number of aliphatic imine (C=N–C) groups is 1. The summed E-state index contributed by atoms with van der Waals surface area (Å²) in [7, 11) is 0. The lowest BCUT2D eigenvalue weighted by atomic mass is 10.2. The van der Waals surface area contributed by atoms with Crippen molar-refractivity contribution < 1.29 is 27.9 Å². The number of carbonyl (C=O) groups is 2. The third-order valence-electron chi connectivity index (χ3n) is 3.31. The molecule has 0 aromatic carbocycles. The van der Waals surface area contributed by atoms with E-state index in [1.807, 2.05) is 11.0 Å². The minimum absolute atomic E-state index is 0.00433. The maximum atomic E-state index is 11.2. The lowest BCUT2D eigenvalue weighted by molar-refractivity contribution is -0.192. The molecule has 144 valence electrons. The van der Waals surface area contributed by atoms with Gasteiger partial charge >= 0.3 is 12.1 Å². The standard InChI is InChI=1S/C12H18N6O.C2HF3O2/c1-9(19)17-4-6-18(7-5-17)10-2-3-11(15-8-10)16-12(13)14;3-2(4,5)1(6)7/h2-3,8H,4-7H2,1H3,(H4,13,14,15,16);(H,6,7). The Labute approximate surface area is 147 Å². The van der Waals surface area contributed by atoms with Crippen LogP contribution in [0.4, 0.5) is 24.7 Å². The van der Waals surface area contributed by atoms with Crippen LogP contribution in [0.25, 0.3) is 0 Å². The maximum Gasteiger partial charge on any atom is 0.490 e. The molecule has 0 bridgehead atoms. The number of amides is 1. The van der Waals surface area contributed by atoms with Gasteiger partial charge in [0.1, 0.15) is 0 Å². The summed E-state index contributed by atoms with van der Waals surface area (Å²) in [4.78, 5) is 32.2. The molecule has 1 aromatic rings. The van der Waals surface area contributed by atoms with Crippen LogP contribution in [0.1, 0.15) is 6.92 Å². The molecular weight excluding hydrogens is 357 g/mol. The molecule has 1 aliphatic rings. The van der Waals surface area contributed by atoms with Crippen molar-refractivity contribution >= 4 is 29.3 Å². The molecule has 0 saturated carbocycles. The summed E-state index contributed by atoms with van der Waals surface area (Å²) < 4.78 is 31.7. The van der Waals surface area contributed by atoms with E-state index >= 15 is 0 Å². The van der Waals surface area contributed by atoms with Gasteiger partial charge in [0.25, 0.3) is 0 Å². The summed E-state index contributed by atoms with van der Waals surface area (Å²) in [5.74, 6) is -2.14. The molecule has 0 unspecified atom stereocenters. The first-order chi connectivity index (χ1) is 12.0. The quantitative estimate of drug-likeness (QED) is 0.498. The number of anilines is 1. The Morgan fingerprint density at radius 2 is 1.73 bits per heavy atom. The van der Waals surface area contributed by atoms with Crippen LogP contribution in [0, 0.1) is 0 Å². The number of aliphatic carboxylic acids is 1. The molecule has 2 rings (SSSR count). The number of pyridine rings is 1. The van der Waals surface area contributed by atoms with Gasteiger partial charge in [-0.3, -0.25) is 4.79 Å². The summed E-state index contributed by atoms with van der Waals surface area (Å²) in [6.45, 7) is 4.70. The molecule has 1 aliphatic heterocycles. The summed E-state index contributed by atoms with van der Waals surface area (Å²) in [5.41, 5.74) is 11.6. The molecule has 1 aromatic heterocycles. The predicted molar refractivity (Wildman–Crippen MR) is 87.9 cm³/mol. The second-order valence-corrected chi connectivity index (χ2v) is 5.21. The molecule has 0 spiro atoms. The summed E-state index contributed by atoms with van der Waals surface area (Å²) in [5, 5.41) is 7.12. The number of rotatable bonds is 2. The number of hydrogen-bond donors (Lipinski definition) is 3. The summed E-state index contributed by atoms with van der Waals surface area (Å²) in [6.07, 6.45) is -3.34. The molecular formula is C14H19F3N6O3.